The highest BCUT2D eigenvalue weighted by molar-refractivity contribution is 5.98. The number of cyclic esters (lactones) is 1. The van der Waals surface area contributed by atoms with Crippen LogP contribution in [0.2, 0.25) is 0 Å². The minimum absolute atomic E-state index is 0.0611. The molecule has 2 aliphatic rings. The van der Waals surface area contributed by atoms with Crippen molar-refractivity contribution in [3.63, 3.8) is 0 Å². The Balaban J connectivity index is 1.86. The Hall–Kier alpha value is -2.79. The van der Waals surface area contributed by atoms with Crippen molar-refractivity contribution in [3.8, 4) is 0 Å². The van der Waals surface area contributed by atoms with Gasteiger partial charge in [-0.1, -0.05) is 67.5 Å². The number of carbonyl (C=O) groups is 3. The second-order valence-corrected chi connectivity index (χ2v) is 8.91. The Morgan fingerprint density at radius 3 is 2.67 bits per heavy atom. The third-order valence-electron chi connectivity index (χ3n) is 5.70. The molecule has 0 aromatic rings. The largest absolute Gasteiger partial charge is 0.455 e. The molecule has 0 spiro atoms. The highest BCUT2D eigenvalue weighted by Gasteiger charge is 2.35. The predicted octanol–water partition coefficient (Wildman–Crippen LogP) is 5.40. The Bertz CT molecular complexity index is 899. The van der Waals surface area contributed by atoms with Crippen molar-refractivity contribution in [3.05, 3.63) is 71.9 Å². The van der Waals surface area contributed by atoms with Crippen molar-refractivity contribution < 1.29 is 23.9 Å². The third-order valence-corrected chi connectivity index (χ3v) is 5.70. The lowest BCUT2D eigenvalue weighted by molar-refractivity contribution is -0.149. The van der Waals surface area contributed by atoms with Gasteiger partial charge in [-0.3, -0.25) is 9.59 Å². The van der Waals surface area contributed by atoms with Crippen LogP contribution < -0.4 is 0 Å². The molecule has 5 nitrogen and oxygen atoms in total. The first-order valence-electron chi connectivity index (χ1n) is 11.6. The molecular formula is C28H36O5. The standard InChI is InChI=1S/C28H36O5/c1-6-9-26-22(5)25(30)18-27(33-26)24(29)12-7-10-19(2)16-21(4)17-20(3)14-15-23-11-8-13-28(31)32-23/h6-10,12-15,17,21-23,26-27H,11,16,18H2,1-5H3/b9-6+,12-7+,15-14+,19-10+,20-17-/t21-,22?,23-,26+,27+/m1/s1. The van der Waals surface area contributed by atoms with Gasteiger partial charge in [0.2, 0.25) is 0 Å². The summed E-state index contributed by atoms with van der Waals surface area (Å²) in [5.41, 5.74) is 2.25. The Morgan fingerprint density at radius 2 is 1.97 bits per heavy atom. The minimum Gasteiger partial charge on any atom is -0.455 e. The molecule has 1 unspecified atom stereocenters. The Kier molecular flexibility index (Phi) is 10.5. The van der Waals surface area contributed by atoms with Gasteiger partial charge in [-0.05, 0) is 45.3 Å². The van der Waals surface area contributed by atoms with E-state index in [0.717, 1.165) is 17.6 Å². The first kappa shape index (κ1) is 26.5. The van der Waals surface area contributed by atoms with Gasteiger partial charge < -0.3 is 9.47 Å². The molecule has 1 saturated heterocycles. The molecule has 5 heteroatoms. The molecule has 0 N–H and O–H groups in total. The highest BCUT2D eigenvalue weighted by Crippen LogP contribution is 2.24. The van der Waals surface area contributed by atoms with Crippen LogP contribution in [-0.4, -0.2) is 35.8 Å². The van der Waals surface area contributed by atoms with Crippen LogP contribution in [-0.2, 0) is 23.9 Å². The van der Waals surface area contributed by atoms with Gasteiger partial charge in [0.15, 0.2) is 5.78 Å². The zero-order valence-electron chi connectivity index (χ0n) is 20.3. The van der Waals surface area contributed by atoms with Crippen molar-refractivity contribution in [2.45, 2.75) is 72.2 Å². The zero-order valence-corrected chi connectivity index (χ0v) is 20.3. The van der Waals surface area contributed by atoms with Crippen LogP contribution in [0.5, 0.6) is 0 Å². The van der Waals surface area contributed by atoms with E-state index in [-0.39, 0.29) is 42.1 Å². The maximum Gasteiger partial charge on any atom is 0.331 e. The third kappa shape index (κ3) is 8.93. The fourth-order valence-corrected chi connectivity index (χ4v) is 3.94. The quantitative estimate of drug-likeness (QED) is 0.203. The maximum atomic E-state index is 12.5. The molecule has 2 rings (SSSR count). The number of esters is 1. The molecule has 0 aromatic heterocycles. The second-order valence-electron chi connectivity index (χ2n) is 8.91. The van der Waals surface area contributed by atoms with Gasteiger partial charge in [-0.15, -0.1) is 0 Å². The maximum absolute atomic E-state index is 12.5. The molecule has 0 aliphatic carbocycles. The Morgan fingerprint density at radius 1 is 1.21 bits per heavy atom. The number of carbonyl (C=O) groups excluding carboxylic acids is 3. The fraction of sp³-hybridized carbons (Fsp3) is 0.464. The van der Waals surface area contributed by atoms with Crippen LogP contribution in [0, 0.1) is 11.8 Å². The van der Waals surface area contributed by atoms with Gasteiger partial charge in [-0.25, -0.2) is 4.79 Å². The summed E-state index contributed by atoms with van der Waals surface area (Å²) in [4.78, 5) is 36.0. The van der Waals surface area contributed by atoms with Gasteiger partial charge in [0.25, 0.3) is 0 Å². The van der Waals surface area contributed by atoms with Crippen molar-refractivity contribution >= 4 is 17.5 Å². The minimum atomic E-state index is -0.713. The van der Waals surface area contributed by atoms with E-state index >= 15 is 0 Å². The number of ether oxygens (including phenoxy) is 2. The van der Waals surface area contributed by atoms with E-state index in [1.165, 1.54) is 12.2 Å². The first-order valence-corrected chi connectivity index (χ1v) is 11.6. The molecule has 0 radical (unpaired) electrons. The van der Waals surface area contributed by atoms with Crippen molar-refractivity contribution in [2.24, 2.45) is 11.8 Å². The van der Waals surface area contributed by atoms with Gasteiger partial charge in [0, 0.05) is 24.8 Å². The summed E-state index contributed by atoms with van der Waals surface area (Å²) in [6.07, 6.45) is 18.6. The topological polar surface area (TPSA) is 69.7 Å². The van der Waals surface area contributed by atoms with E-state index in [0.29, 0.717) is 12.3 Å². The van der Waals surface area contributed by atoms with E-state index in [1.54, 1.807) is 6.08 Å². The SMILES string of the molecule is C/C=C/[C@@H]1O[C@H](C(=O)/C=C/C=C(\C)C[C@@H](C)/C=C(C)\C=C\[C@H]2CC=CC(=O)O2)CC(=O)C1C. The van der Waals surface area contributed by atoms with Gasteiger partial charge in [0.05, 0.1) is 6.10 Å². The number of hydrogen-bond acceptors (Lipinski definition) is 5. The molecule has 33 heavy (non-hydrogen) atoms. The Labute approximate surface area is 197 Å². The zero-order chi connectivity index (χ0) is 24.4. The molecule has 1 fully saturated rings. The number of hydrogen-bond donors (Lipinski definition) is 0. The van der Waals surface area contributed by atoms with E-state index in [2.05, 4.69) is 13.0 Å². The number of Topliss-reactive ketones (excluding diaryl/α,β-unsaturated/α-hetero) is 1. The molecule has 0 aromatic carbocycles. The molecular weight excluding hydrogens is 416 g/mol. The summed E-state index contributed by atoms with van der Waals surface area (Å²) in [6, 6.07) is 0. The fourth-order valence-electron chi connectivity index (χ4n) is 3.94. The second kappa shape index (κ2) is 13.0. The summed E-state index contributed by atoms with van der Waals surface area (Å²) < 4.78 is 11.1. The summed E-state index contributed by atoms with van der Waals surface area (Å²) in [7, 11) is 0. The van der Waals surface area contributed by atoms with Gasteiger partial charge >= 0.3 is 5.97 Å². The van der Waals surface area contributed by atoms with Crippen LogP contribution >= 0.6 is 0 Å². The average Bonchev–Trinajstić information content (AvgIpc) is 2.75. The summed E-state index contributed by atoms with van der Waals surface area (Å²) >= 11 is 0. The number of rotatable bonds is 9. The highest BCUT2D eigenvalue weighted by atomic mass is 16.5. The lowest BCUT2D eigenvalue weighted by Gasteiger charge is -2.30. The molecule has 2 heterocycles. The summed E-state index contributed by atoms with van der Waals surface area (Å²) in [6.45, 7) is 9.90. The normalized spacial score (nSPS) is 28.2. The van der Waals surface area contributed by atoms with E-state index in [9.17, 15) is 14.4 Å². The van der Waals surface area contributed by atoms with Crippen molar-refractivity contribution in [1.82, 2.24) is 0 Å². The molecule has 0 amide bonds. The van der Waals surface area contributed by atoms with Gasteiger partial charge in [0.1, 0.15) is 18.0 Å². The van der Waals surface area contributed by atoms with Gasteiger partial charge in [-0.2, -0.15) is 0 Å². The first-order chi connectivity index (χ1) is 15.7. The lowest BCUT2D eigenvalue weighted by atomic mass is 9.90. The number of ketones is 2. The number of allylic oxidation sites excluding steroid dienone is 7. The van der Waals surface area contributed by atoms with Crippen molar-refractivity contribution in [2.75, 3.05) is 0 Å². The van der Waals surface area contributed by atoms with Crippen LogP contribution in [0.4, 0.5) is 0 Å². The van der Waals surface area contributed by atoms with Crippen LogP contribution in [0.25, 0.3) is 0 Å². The smallest absolute Gasteiger partial charge is 0.331 e. The van der Waals surface area contributed by atoms with Crippen LogP contribution in [0.15, 0.2) is 71.9 Å². The molecule has 178 valence electrons. The van der Waals surface area contributed by atoms with Crippen LogP contribution in [0.1, 0.15) is 53.9 Å². The molecule has 5 atom stereocenters. The molecule has 0 saturated carbocycles. The summed E-state index contributed by atoms with van der Waals surface area (Å²) in [5, 5.41) is 0. The lowest BCUT2D eigenvalue weighted by Crippen LogP contribution is -2.42. The monoisotopic (exact) mass is 452 g/mol. The molecule has 0 bridgehead atoms. The van der Waals surface area contributed by atoms with Crippen LogP contribution in [0.3, 0.4) is 0 Å². The average molecular weight is 453 g/mol. The molecule has 2 aliphatic heterocycles. The van der Waals surface area contributed by atoms with E-state index < -0.39 is 6.10 Å². The summed E-state index contributed by atoms with van der Waals surface area (Å²) in [5.74, 6) is -0.330. The predicted molar refractivity (Wildman–Crippen MR) is 130 cm³/mol. The van der Waals surface area contributed by atoms with E-state index in [4.69, 9.17) is 9.47 Å². The van der Waals surface area contributed by atoms with Crippen molar-refractivity contribution in [1.29, 1.82) is 0 Å². The van der Waals surface area contributed by atoms with E-state index in [1.807, 2.05) is 64.2 Å².